The number of benzene rings is 1. The minimum absolute atomic E-state index is 0.0548. The molecule has 4 heteroatoms. The molecule has 1 fully saturated rings. The van der Waals surface area contributed by atoms with Crippen molar-refractivity contribution in [3.05, 3.63) is 65.7 Å². The Balaban J connectivity index is 1.55. The van der Waals surface area contributed by atoms with Crippen LogP contribution in [0.15, 0.2) is 48.8 Å². The van der Waals surface area contributed by atoms with E-state index < -0.39 is 0 Å². The van der Waals surface area contributed by atoms with Crippen molar-refractivity contribution in [2.24, 2.45) is 5.92 Å². The summed E-state index contributed by atoms with van der Waals surface area (Å²) in [6.45, 7) is 2.74. The Hall–Kier alpha value is -2.07. The summed E-state index contributed by atoms with van der Waals surface area (Å²) in [6, 6.07) is 9.92. The maximum Gasteiger partial charge on any atom is 0.166 e. The number of likely N-dealkylation sites (tertiary alicyclic amines) is 1. The number of carbonyl (C=O) groups excluding carboxylic acids is 1. The molecule has 1 saturated heterocycles. The first-order chi connectivity index (χ1) is 10.7. The van der Waals surface area contributed by atoms with Crippen LogP contribution in [0, 0.1) is 11.7 Å². The number of piperidine rings is 1. The Bertz CT molecular complexity index is 619. The van der Waals surface area contributed by atoms with Crippen molar-refractivity contribution in [3.63, 3.8) is 0 Å². The van der Waals surface area contributed by atoms with Crippen LogP contribution in [0.4, 0.5) is 4.39 Å². The predicted octanol–water partition coefficient (Wildman–Crippen LogP) is 3.32. The third kappa shape index (κ3) is 3.57. The third-order valence-corrected chi connectivity index (χ3v) is 4.24. The van der Waals surface area contributed by atoms with Crippen molar-refractivity contribution in [2.75, 3.05) is 13.1 Å². The van der Waals surface area contributed by atoms with E-state index in [9.17, 15) is 9.18 Å². The number of pyridine rings is 1. The van der Waals surface area contributed by atoms with E-state index in [4.69, 9.17) is 0 Å². The highest BCUT2D eigenvalue weighted by atomic mass is 19.1. The number of carbonyl (C=O) groups is 1. The number of ketones is 1. The molecular formula is C18H19FN2O. The van der Waals surface area contributed by atoms with E-state index in [-0.39, 0.29) is 17.5 Å². The highest BCUT2D eigenvalue weighted by Crippen LogP contribution is 2.23. The molecule has 0 saturated carbocycles. The summed E-state index contributed by atoms with van der Waals surface area (Å²) in [6.07, 6.45) is 5.34. The lowest BCUT2D eigenvalue weighted by Crippen LogP contribution is -2.35. The SMILES string of the molecule is O=C(c1ccc(F)cc1)C1CCN(Cc2ccncc2)CC1. The summed E-state index contributed by atoms with van der Waals surface area (Å²) < 4.78 is 12.9. The van der Waals surface area contributed by atoms with Crippen molar-refractivity contribution in [1.82, 2.24) is 9.88 Å². The molecular weight excluding hydrogens is 279 g/mol. The molecule has 1 aromatic heterocycles. The van der Waals surface area contributed by atoms with Crippen molar-refractivity contribution in [1.29, 1.82) is 0 Å². The summed E-state index contributed by atoms with van der Waals surface area (Å²) in [7, 11) is 0. The average Bonchev–Trinajstić information content (AvgIpc) is 2.57. The molecule has 0 spiro atoms. The van der Waals surface area contributed by atoms with Gasteiger partial charge < -0.3 is 0 Å². The Kier molecular flexibility index (Phi) is 4.59. The average molecular weight is 298 g/mol. The zero-order valence-corrected chi connectivity index (χ0v) is 12.4. The minimum Gasteiger partial charge on any atom is -0.299 e. The zero-order valence-electron chi connectivity index (χ0n) is 12.4. The van der Waals surface area contributed by atoms with Crippen molar-refractivity contribution in [3.8, 4) is 0 Å². The molecule has 22 heavy (non-hydrogen) atoms. The summed E-state index contributed by atoms with van der Waals surface area (Å²) in [5.74, 6) is -0.105. The molecule has 1 aliphatic rings. The van der Waals surface area contributed by atoms with Crippen molar-refractivity contribution < 1.29 is 9.18 Å². The fourth-order valence-corrected chi connectivity index (χ4v) is 2.95. The first-order valence-electron chi connectivity index (χ1n) is 7.63. The van der Waals surface area contributed by atoms with Gasteiger partial charge in [-0.05, 0) is 67.9 Å². The van der Waals surface area contributed by atoms with E-state index in [1.165, 1.54) is 17.7 Å². The van der Waals surface area contributed by atoms with Gasteiger partial charge in [0.15, 0.2) is 5.78 Å². The molecule has 0 amide bonds. The number of aromatic nitrogens is 1. The van der Waals surface area contributed by atoms with E-state index in [0.717, 1.165) is 32.5 Å². The number of hydrogen-bond acceptors (Lipinski definition) is 3. The van der Waals surface area contributed by atoms with Gasteiger partial charge in [-0.15, -0.1) is 0 Å². The molecule has 2 aromatic rings. The molecule has 1 aliphatic heterocycles. The lowest BCUT2D eigenvalue weighted by molar-refractivity contribution is 0.0835. The van der Waals surface area contributed by atoms with Crippen LogP contribution in [-0.4, -0.2) is 28.8 Å². The summed E-state index contributed by atoms with van der Waals surface area (Å²) >= 11 is 0. The standard InChI is InChI=1S/C18H19FN2O/c19-17-3-1-15(2-4-17)18(22)16-7-11-21(12-8-16)13-14-5-9-20-10-6-14/h1-6,9-10,16H,7-8,11-13H2. The summed E-state index contributed by atoms with van der Waals surface area (Å²) in [5.41, 5.74) is 1.87. The number of nitrogens with zero attached hydrogens (tertiary/aromatic N) is 2. The highest BCUT2D eigenvalue weighted by Gasteiger charge is 2.25. The quantitative estimate of drug-likeness (QED) is 0.812. The molecule has 0 aliphatic carbocycles. The van der Waals surface area contributed by atoms with Gasteiger partial charge in [-0.25, -0.2) is 4.39 Å². The maximum absolute atomic E-state index is 12.9. The lowest BCUT2D eigenvalue weighted by atomic mass is 9.89. The van der Waals surface area contributed by atoms with Gasteiger partial charge in [0.05, 0.1) is 0 Å². The summed E-state index contributed by atoms with van der Waals surface area (Å²) in [5, 5.41) is 0. The second-order valence-corrected chi connectivity index (χ2v) is 5.78. The van der Waals surface area contributed by atoms with E-state index in [1.807, 2.05) is 12.1 Å². The summed E-state index contributed by atoms with van der Waals surface area (Å²) in [4.78, 5) is 18.8. The van der Waals surface area contributed by atoms with Crippen LogP contribution >= 0.6 is 0 Å². The Morgan fingerprint density at radius 3 is 2.36 bits per heavy atom. The molecule has 0 N–H and O–H groups in total. The van der Waals surface area contributed by atoms with Gasteiger partial charge in [-0.1, -0.05) is 0 Å². The topological polar surface area (TPSA) is 33.2 Å². The minimum atomic E-state index is -0.302. The first kappa shape index (κ1) is 14.9. The van der Waals surface area contributed by atoms with E-state index in [2.05, 4.69) is 9.88 Å². The molecule has 0 unspecified atom stereocenters. The smallest absolute Gasteiger partial charge is 0.166 e. The van der Waals surface area contributed by atoms with Gasteiger partial charge in [0.1, 0.15) is 5.82 Å². The van der Waals surface area contributed by atoms with Crippen molar-refractivity contribution in [2.45, 2.75) is 19.4 Å². The Morgan fingerprint density at radius 1 is 1.09 bits per heavy atom. The number of halogens is 1. The zero-order chi connectivity index (χ0) is 15.4. The number of hydrogen-bond donors (Lipinski definition) is 0. The molecule has 3 nitrogen and oxygen atoms in total. The van der Waals surface area contributed by atoms with Crippen LogP contribution in [0.25, 0.3) is 0 Å². The number of Topliss-reactive ketones (excluding diaryl/α,β-unsaturated/α-hetero) is 1. The van der Waals surface area contributed by atoms with Gasteiger partial charge in [0.25, 0.3) is 0 Å². The van der Waals surface area contributed by atoms with E-state index >= 15 is 0 Å². The van der Waals surface area contributed by atoms with Crippen molar-refractivity contribution >= 4 is 5.78 Å². The first-order valence-corrected chi connectivity index (χ1v) is 7.63. The third-order valence-electron chi connectivity index (χ3n) is 4.24. The molecule has 2 heterocycles. The number of rotatable bonds is 4. The van der Waals surface area contributed by atoms with Gasteiger partial charge in [-0.2, -0.15) is 0 Å². The van der Waals surface area contributed by atoms with Gasteiger partial charge in [0.2, 0.25) is 0 Å². The Labute approximate surface area is 129 Å². The largest absolute Gasteiger partial charge is 0.299 e. The Morgan fingerprint density at radius 2 is 1.73 bits per heavy atom. The monoisotopic (exact) mass is 298 g/mol. The van der Waals surface area contributed by atoms with Gasteiger partial charge >= 0.3 is 0 Å². The molecule has 0 radical (unpaired) electrons. The van der Waals surface area contributed by atoms with Crippen LogP contribution in [0.1, 0.15) is 28.8 Å². The van der Waals surface area contributed by atoms with E-state index in [0.29, 0.717) is 5.56 Å². The van der Waals surface area contributed by atoms with Crippen LogP contribution < -0.4 is 0 Å². The second-order valence-electron chi connectivity index (χ2n) is 5.78. The molecule has 3 rings (SSSR count). The van der Waals surface area contributed by atoms with Crippen LogP contribution in [0.2, 0.25) is 0 Å². The normalized spacial score (nSPS) is 16.6. The van der Waals surface area contributed by atoms with Gasteiger partial charge in [-0.3, -0.25) is 14.7 Å². The van der Waals surface area contributed by atoms with Crippen LogP contribution in [0.5, 0.6) is 0 Å². The van der Waals surface area contributed by atoms with Gasteiger partial charge in [0, 0.05) is 30.4 Å². The van der Waals surface area contributed by atoms with Crippen LogP contribution in [-0.2, 0) is 6.54 Å². The predicted molar refractivity (Wildman–Crippen MR) is 83.0 cm³/mol. The molecule has 114 valence electrons. The van der Waals surface area contributed by atoms with Crippen LogP contribution in [0.3, 0.4) is 0 Å². The highest BCUT2D eigenvalue weighted by molar-refractivity contribution is 5.97. The second kappa shape index (κ2) is 6.79. The maximum atomic E-state index is 12.9. The lowest BCUT2D eigenvalue weighted by Gasteiger charge is -2.31. The fraction of sp³-hybridized carbons (Fsp3) is 0.333. The van der Waals surface area contributed by atoms with E-state index in [1.54, 1.807) is 24.5 Å². The molecule has 0 atom stereocenters. The molecule has 1 aromatic carbocycles. The fourth-order valence-electron chi connectivity index (χ4n) is 2.95. The molecule has 0 bridgehead atoms.